The highest BCUT2D eigenvalue weighted by atomic mass is 19.4. The number of carbonyl (C=O) groups excluding carboxylic acids is 1. The number of rotatable bonds is 3. The average Bonchev–Trinajstić information content (AvgIpc) is 2.17. The van der Waals surface area contributed by atoms with E-state index in [0.29, 0.717) is 5.56 Å². The highest BCUT2D eigenvalue weighted by Crippen LogP contribution is 2.29. The van der Waals surface area contributed by atoms with Crippen molar-refractivity contribution in [2.24, 2.45) is 0 Å². The Morgan fingerprint density at radius 2 is 2.00 bits per heavy atom. The molecule has 2 nitrogen and oxygen atoms in total. The van der Waals surface area contributed by atoms with E-state index in [1.807, 2.05) is 0 Å². The molecule has 80 valence electrons. The summed E-state index contributed by atoms with van der Waals surface area (Å²) in [6, 6.07) is 4.69. The van der Waals surface area contributed by atoms with Crippen LogP contribution in [0.3, 0.4) is 0 Å². The maximum Gasteiger partial charge on any atom is 0.416 e. The van der Waals surface area contributed by atoms with Crippen molar-refractivity contribution in [3.63, 3.8) is 0 Å². The molecule has 0 fully saturated rings. The summed E-state index contributed by atoms with van der Waals surface area (Å²) < 4.78 is 41.0. The van der Waals surface area contributed by atoms with Gasteiger partial charge < -0.3 is 4.74 Å². The fourth-order valence-corrected chi connectivity index (χ4v) is 0.969. The fraction of sp³-hybridized carbons (Fsp3) is 0.100. The fourth-order valence-electron chi connectivity index (χ4n) is 0.969. The Morgan fingerprint density at radius 1 is 1.27 bits per heavy atom. The number of carbonyl (C=O) groups is 1. The molecule has 5 heteroatoms. The van der Waals surface area contributed by atoms with Gasteiger partial charge in [-0.15, -0.1) is 0 Å². The Labute approximate surface area is 84.0 Å². The van der Waals surface area contributed by atoms with E-state index in [2.05, 4.69) is 4.74 Å². The van der Waals surface area contributed by atoms with E-state index in [0.717, 1.165) is 18.4 Å². The van der Waals surface area contributed by atoms with Crippen LogP contribution in [0.2, 0.25) is 0 Å². The van der Waals surface area contributed by atoms with Gasteiger partial charge in [-0.3, -0.25) is 4.79 Å². The van der Waals surface area contributed by atoms with Crippen molar-refractivity contribution in [2.45, 2.75) is 6.18 Å². The molecule has 0 aliphatic heterocycles. The van der Waals surface area contributed by atoms with Crippen LogP contribution in [-0.4, -0.2) is 6.47 Å². The molecule has 0 saturated carbocycles. The van der Waals surface area contributed by atoms with E-state index in [1.165, 1.54) is 18.2 Å². The molecule has 15 heavy (non-hydrogen) atoms. The van der Waals surface area contributed by atoms with E-state index >= 15 is 0 Å². The number of benzene rings is 1. The summed E-state index contributed by atoms with van der Waals surface area (Å²) in [7, 11) is 0. The first-order valence-corrected chi connectivity index (χ1v) is 3.97. The number of hydrogen-bond acceptors (Lipinski definition) is 2. The lowest BCUT2D eigenvalue weighted by molar-refractivity contribution is -0.137. The van der Waals surface area contributed by atoms with E-state index in [1.54, 1.807) is 0 Å². The molecular formula is C10H7F3O2. The van der Waals surface area contributed by atoms with Crippen molar-refractivity contribution in [3.05, 3.63) is 41.7 Å². The van der Waals surface area contributed by atoms with Crippen LogP contribution >= 0.6 is 0 Å². The molecule has 0 saturated heterocycles. The Hall–Kier alpha value is -1.78. The van der Waals surface area contributed by atoms with Gasteiger partial charge in [0.05, 0.1) is 11.8 Å². The molecule has 1 aromatic rings. The highest BCUT2D eigenvalue weighted by molar-refractivity contribution is 5.51. The molecule has 0 aliphatic rings. The normalized spacial score (nSPS) is 11.7. The van der Waals surface area contributed by atoms with Gasteiger partial charge in [0, 0.05) is 0 Å². The summed E-state index contributed by atoms with van der Waals surface area (Å²) >= 11 is 0. The second kappa shape index (κ2) is 4.63. The minimum Gasteiger partial charge on any atom is -0.437 e. The van der Waals surface area contributed by atoms with Crippen molar-refractivity contribution in [3.8, 4) is 0 Å². The Bertz CT molecular complexity index is 369. The maximum atomic E-state index is 12.2. The lowest BCUT2D eigenvalue weighted by Crippen LogP contribution is -2.04. The zero-order valence-corrected chi connectivity index (χ0v) is 7.49. The summed E-state index contributed by atoms with van der Waals surface area (Å²) in [4.78, 5) is 9.77. The molecule has 0 radical (unpaired) electrons. The SMILES string of the molecule is O=CO/C=C\c1cccc(C(F)(F)F)c1. The molecule has 0 aromatic heterocycles. The lowest BCUT2D eigenvalue weighted by atomic mass is 10.1. The average molecular weight is 216 g/mol. The summed E-state index contributed by atoms with van der Waals surface area (Å²) in [6.07, 6.45) is -2.08. The predicted octanol–water partition coefficient (Wildman–Crippen LogP) is 2.85. The van der Waals surface area contributed by atoms with Crippen molar-refractivity contribution in [1.29, 1.82) is 0 Å². The van der Waals surface area contributed by atoms with Crippen molar-refractivity contribution >= 4 is 12.5 Å². The van der Waals surface area contributed by atoms with Crippen LogP contribution in [0.15, 0.2) is 30.5 Å². The van der Waals surface area contributed by atoms with Gasteiger partial charge in [0.25, 0.3) is 6.47 Å². The Kier molecular flexibility index (Phi) is 3.49. The smallest absolute Gasteiger partial charge is 0.416 e. The van der Waals surface area contributed by atoms with Gasteiger partial charge in [0.15, 0.2) is 0 Å². The molecule has 0 spiro atoms. The number of halogens is 3. The van der Waals surface area contributed by atoms with Gasteiger partial charge in [0.2, 0.25) is 0 Å². The van der Waals surface area contributed by atoms with Gasteiger partial charge in [0.1, 0.15) is 0 Å². The Morgan fingerprint density at radius 3 is 2.60 bits per heavy atom. The molecule has 0 unspecified atom stereocenters. The van der Waals surface area contributed by atoms with Crippen LogP contribution in [0.4, 0.5) is 13.2 Å². The third-order valence-electron chi connectivity index (χ3n) is 1.61. The summed E-state index contributed by atoms with van der Waals surface area (Å²) in [5.74, 6) is 0. The van der Waals surface area contributed by atoms with Crippen LogP contribution in [0, 0.1) is 0 Å². The van der Waals surface area contributed by atoms with Crippen LogP contribution in [0.25, 0.3) is 6.08 Å². The number of ether oxygens (including phenoxy) is 1. The first-order chi connectivity index (χ1) is 7.04. The van der Waals surface area contributed by atoms with Crippen LogP contribution < -0.4 is 0 Å². The first-order valence-electron chi connectivity index (χ1n) is 3.97. The van der Waals surface area contributed by atoms with E-state index < -0.39 is 11.7 Å². The van der Waals surface area contributed by atoms with Crippen molar-refractivity contribution in [2.75, 3.05) is 0 Å². The largest absolute Gasteiger partial charge is 0.437 e. The molecule has 1 aromatic carbocycles. The molecule has 0 amide bonds. The van der Waals surface area contributed by atoms with Crippen molar-refractivity contribution < 1.29 is 22.7 Å². The summed E-state index contributed by atoms with van der Waals surface area (Å²) in [5.41, 5.74) is -0.428. The third-order valence-corrected chi connectivity index (χ3v) is 1.61. The lowest BCUT2D eigenvalue weighted by Gasteiger charge is -2.06. The van der Waals surface area contributed by atoms with Gasteiger partial charge in [-0.2, -0.15) is 13.2 Å². The zero-order chi connectivity index (χ0) is 11.3. The standard InChI is InChI=1S/C10H7F3O2/c11-10(12,13)9-3-1-2-8(6-9)4-5-15-7-14/h1-7H/b5-4-. The second-order valence-corrected chi connectivity index (χ2v) is 2.66. The zero-order valence-electron chi connectivity index (χ0n) is 7.49. The monoisotopic (exact) mass is 216 g/mol. The topological polar surface area (TPSA) is 26.3 Å². The van der Waals surface area contributed by atoms with Gasteiger partial charge >= 0.3 is 6.18 Å². The van der Waals surface area contributed by atoms with Gasteiger partial charge in [-0.1, -0.05) is 12.1 Å². The Balaban J connectivity index is 2.88. The predicted molar refractivity (Wildman–Crippen MR) is 47.6 cm³/mol. The quantitative estimate of drug-likeness (QED) is 0.573. The number of alkyl halides is 3. The second-order valence-electron chi connectivity index (χ2n) is 2.66. The third kappa shape index (κ3) is 3.46. The molecule has 0 heterocycles. The minimum absolute atomic E-state index is 0.185. The minimum atomic E-state index is -4.37. The van der Waals surface area contributed by atoms with Gasteiger partial charge in [-0.25, -0.2) is 0 Å². The van der Waals surface area contributed by atoms with Crippen LogP contribution in [0.5, 0.6) is 0 Å². The van der Waals surface area contributed by atoms with Crippen molar-refractivity contribution in [1.82, 2.24) is 0 Å². The van der Waals surface area contributed by atoms with E-state index in [4.69, 9.17) is 0 Å². The first kappa shape index (κ1) is 11.3. The molecule has 1 rings (SSSR count). The number of hydrogen-bond donors (Lipinski definition) is 0. The highest BCUT2D eigenvalue weighted by Gasteiger charge is 2.30. The summed E-state index contributed by atoms with van der Waals surface area (Å²) in [6.45, 7) is 0.185. The maximum absolute atomic E-state index is 12.2. The molecule has 0 bridgehead atoms. The molecule has 0 atom stereocenters. The molecule has 0 aliphatic carbocycles. The van der Waals surface area contributed by atoms with Crippen LogP contribution in [0.1, 0.15) is 11.1 Å². The summed E-state index contributed by atoms with van der Waals surface area (Å²) in [5, 5.41) is 0. The van der Waals surface area contributed by atoms with Crippen LogP contribution in [-0.2, 0) is 15.7 Å². The molecule has 0 N–H and O–H groups in total. The van der Waals surface area contributed by atoms with E-state index in [9.17, 15) is 18.0 Å². The van der Waals surface area contributed by atoms with Gasteiger partial charge in [-0.05, 0) is 23.8 Å². The van der Waals surface area contributed by atoms with E-state index in [-0.39, 0.29) is 6.47 Å². The molecular weight excluding hydrogens is 209 g/mol.